The van der Waals surface area contributed by atoms with Crippen LogP contribution in [0.3, 0.4) is 0 Å². The molecule has 1 heterocycles. The number of hydrogen-bond acceptors (Lipinski definition) is 2. The van der Waals surface area contributed by atoms with E-state index >= 15 is 0 Å². The summed E-state index contributed by atoms with van der Waals surface area (Å²) in [5.74, 6) is 0.112. The first-order valence-electron chi connectivity index (χ1n) is 3.63. The fourth-order valence-corrected chi connectivity index (χ4v) is 1.08. The van der Waals surface area contributed by atoms with E-state index < -0.39 is 0 Å². The fourth-order valence-electron chi connectivity index (χ4n) is 1.08. The molecule has 0 aromatic carbocycles. The molecule has 0 aliphatic carbocycles. The van der Waals surface area contributed by atoms with E-state index in [0.717, 1.165) is 13.1 Å². The lowest BCUT2D eigenvalue weighted by Crippen LogP contribution is -2.45. The summed E-state index contributed by atoms with van der Waals surface area (Å²) >= 11 is 0. The second-order valence-corrected chi connectivity index (χ2v) is 2.55. The van der Waals surface area contributed by atoms with Crippen LogP contribution in [-0.2, 0) is 9.53 Å². The minimum absolute atomic E-state index is 0.112. The largest absolute Gasteiger partial charge is 0.367 e. The van der Waals surface area contributed by atoms with E-state index in [1.807, 2.05) is 18.7 Å². The van der Waals surface area contributed by atoms with Gasteiger partial charge in [0.2, 0.25) is 5.91 Å². The maximum absolute atomic E-state index is 11.0. The summed E-state index contributed by atoms with van der Waals surface area (Å²) in [6.45, 7) is 5.77. The Morgan fingerprint density at radius 2 is 2.50 bits per heavy atom. The topological polar surface area (TPSA) is 29.5 Å². The molecule has 10 heavy (non-hydrogen) atoms. The van der Waals surface area contributed by atoms with Gasteiger partial charge in [-0.15, -0.1) is 0 Å². The summed E-state index contributed by atoms with van der Waals surface area (Å²) in [5.41, 5.74) is 0. The molecule has 1 rings (SSSR count). The van der Waals surface area contributed by atoms with Crippen LogP contribution in [-0.4, -0.2) is 36.6 Å². The van der Waals surface area contributed by atoms with Crippen molar-refractivity contribution in [2.45, 2.75) is 20.0 Å². The Balaban J connectivity index is 2.45. The summed E-state index contributed by atoms with van der Waals surface area (Å²) in [4.78, 5) is 12.8. The number of ether oxygens (including phenoxy) is 1. The number of carbonyl (C=O) groups excluding carboxylic acids is 1. The van der Waals surface area contributed by atoms with Crippen LogP contribution in [0.1, 0.15) is 13.8 Å². The van der Waals surface area contributed by atoms with Gasteiger partial charge in [-0.25, -0.2) is 0 Å². The van der Waals surface area contributed by atoms with Gasteiger partial charge in [-0.2, -0.15) is 0 Å². The molecule has 3 nitrogen and oxygen atoms in total. The van der Waals surface area contributed by atoms with E-state index in [9.17, 15) is 4.79 Å². The molecule has 1 amide bonds. The van der Waals surface area contributed by atoms with Crippen LogP contribution in [0.4, 0.5) is 0 Å². The zero-order chi connectivity index (χ0) is 7.56. The van der Waals surface area contributed by atoms with Crippen molar-refractivity contribution in [3.8, 4) is 0 Å². The van der Waals surface area contributed by atoms with Gasteiger partial charge in [-0.05, 0) is 13.8 Å². The summed E-state index contributed by atoms with van der Waals surface area (Å²) in [6.07, 6.45) is 0.206. The van der Waals surface area contributed by atoms with E-state index in [2.05, 4.69) is 0 Å². The molecule has 1 aliphatic heterocycles. The molecule has 0 radical (unpaired) electrons. The number of nitrogens with zero attached hydrogens (tertiary/aromatic N) is 1. The molecular formula is C7H13NO2. The average molecular weight is 143 g/mol. The Bertz CT molecular complexity index is 136. The second kappa shape index (κ2) is 3.01. The molecule has 1 atom stereocenters. The Morgan fingerprint density at radius 1 is 1.80 bits per heavy atom. The van der Waals surface area contributed by atoms with Gasteiger partial charge in [0.15, 0.2) is 0 Å². The number of morpholine rings is 1. The molecule has 1 saturated heterocycles. The van der Waals surface area contributed by atoms with Gasteiger partial charge in [0.05, 0.1) is 6.10 Å². The summed E-state index contributed by atoms with van der Waals surface area (Å²) in [6, 6.07) is 0. The minimum atomic E-state index is 0.112. The third-order valence-corrected chi connectivity index (χ3v) is 1.70. The standard InChI is InChI=1S/C7H13NO2/c1-3-8-4-6(2)10-5-7(8)9/h6H,3-5H2,1-2H3. The Labute approximate surface area is 61.0 Å². The summed E-state index contributed by atoms with van der Waals surface area (Å²) in [5, 5.41) is 0. The van der Waals surface area contributed by atoms with Gasteiger partial charge in [-0.3, -0.25) is 4.79 Å². The van der Waals surface area contributed by atoms with Crippen molar-refractivity contribution in [1.82, 2.24) is 4.90 Å². The van der Waals surface area contributed by atoms with Crippen LogP contribution >= 0.6 is 0 Å². The molecule has 0 bridgehead atoms. The predicted octanol–water partition coefficient (Wildman–Crippen LogP) is 0.254. The SMILES string of the molecule is CCN1CC(C)OCC1=O. The van der Waals surface area contributed by atoms with Gasteiger partial charge < -0.3 is 9.64 Å². The molecule has 0 aromatic heterocycles. The third kappa shape index (κ3) is 1.48. The van der Waals surface area contributed by atoms with Crippen molar-refractivity contribution in [2.24, 2.45) is 0 Å². The molecule has 0 aromatic rings. The van der Waals surface area contributed by atoms with E-state index in [1.165, 1.54) is 0 Å². The fraction of sp³-hybridized carbons (Fsp3) is 0.857. The van der Waals surface area contributed by atoms with Crippen LogP contribution in [0.5, 0.6) is 0 Å². The monoisotopic (exact) mass is 143 g/mol. The third-order valence-electron chi connectivity index (χ3n) is 1.70. The van der Waals surface area contributed by atoms with Crippen LogP contribution in [0, 0.1) is 0 Å². The van der Waals surface area contributed by atoms with Crippen molar-refractivity contribution < 1.29 is 9.53 Å². The van der Waals surface area contributed by atoms with Gasteiger partial charge >= 0.3 is 0 Å². The summed E-state index contributed by atoms with van der Waals surface area (Å²) < 4.78 is 5.13. The normalized spacial score (nSPS) is 27.2. The molecular weight excluding hydrogens is 130 g/mol. The smallest absolute Gasteiger partial charge is 0.248 e. The number of likely N-dealkylation sites (N-methyl/N-ethyl adjacent to an activating group) is 1. The highest BCUT2D eigenvalue weighted by atomic mass is 16.5. The molecule has 0 saturated carbocycles. The van der Waals surface area contributed by atoms with Crippen LogP contribution in [0.15, 0.2) is 0 Å². The van der Waals surface area contributed by atoms with Gasteiger partial charge in [0.1, 0.15) is 6.61 Å². The van der Waals surface area contributed by atoms with E-state index in [0.29, 0.717) is 0 Å². The predicted molar refractivity (Wildman–Crippen MR) is 37.7 cm³/mol. The molecule has 1 aliphatic rings. The van der Waals surface area contributed by atoms with Crippen molar-refractivity contribution in [1.29, 1.82) is 0 Å². The molecule has 0 spiro atoms. The van der Waals surface area contributed by atoms with Gasteiger partial charge in [-0.1, -0.05) is 0 Å². The molecule has 3 heteroatoms. The molecule has 1 fully saturated rings. The van der Waals surface area contributed by atoms with Crippen LogP contribution < -0.4 is 0 Å². The minimum Gasteiger partial charge on any atom is -0.367 e. The van der Waals surface area contributed by atoms with Crippen LogP contribution in [0.25, 0.3) is 0 Å². The van der Waals surface area contributed by atoms with Crippen molar-refractivity contribution in [3.05, 3.63) is 0 Å². The highest BCUT2D eigenvalue weighted by Gasteiger charge is 2.21. The van der Waals surface area contributed by atoms with Crippen molar-refractivity contribution >= 4 is 5.91 Å². The van der Waals surface area contributed by atoms with Gasteiger partial charge in [0, 0.05) is 13.1 Å². The maximum Gasteiger partial charge on any atom is 0.248 e. The molecule has 0 N–H and O–H groups in total. The first kappa shape index (κ1) is 7.54. The van der Waals surface area contributed by atoms with Crippen LogP contribution in [0.2, 0.25) is 0 Å². The van der Waals surface area contributed by atoms with Crippen molar-refractivity contribution in [2.75, 3.05) is 19.7 Å². The first-order valence-corrected chi connectivity index (χ1v) is 3.63. The van der Waals surface area contributed by atoms with Gasteiger partial charge in [0.25, 0.3) is 0 Å². The average Bonchev–Trinajstić information content (AvgIpc) is 1.94. The number of rotatable bonds is 1. The lowest BCUT2D eigenvalue weighted by molar-refractivity contribution is -0.147. The highest BCUT2D eigenvalue weighted by molar-refractivity contribution is 5.78. The quantitative estimate of drug-likeness (QED) is 0.526. The first-order chi connectivity index (χ1) is 4.74. The zero-order valence-corrected chi connectivity index (χ0v) is 6.46. The lowest BCUT2D eigenvalue weighted by atomic mass is 10.3. The zero-order valence-electron chi connectivity index (χ0n) is 6.46. The number of carbonyl (C=O) groups is 1. The Hall–Kier alpha value is -0.570. The van der Waals surface area contributed by atoms with Crippen molar-refractivity contribution in [3.63, 3.8) is 0 Å². The maximum atomic E-state index is 11.0. The van der Waals surface area contributed by atoms with E-state index in [1.54, 1.807) is 0 Å². The Morgan fingerprint density at radius 3 is 3.00 bits per heavy atom. The van der Waals surface area contributed by atoms with E-state index in [4.69, 9.17) is 4.74 Å². The summed E-state index contributed by atoms with van der Waals surface area (Å²) in [7, 11) is 0. The number of amides is 1. The number of hydrogen-bond donors (Lipinski definition) is 0. The van der Waals surface area contributed by atoms with E-state index in [-0.39, 0.29) is 18.6 Å². The molecule has 58 valence electrons. The Kier molecular flexibility index (Phi) is 2.27. The molecule has 1 unspecified atom stereocenters. The second-order valence-electron chi connectivity index (χ2n) is 2.55. The lowest BCUT2D eigenvalue weighted by Gasteiger charge is -2.29. The highest BCUT2D eigenvalue weighted by Crippen LogP contribution is 2.04.